The van der Waals surface area contributed by atoms with Crippen molar-refractivity contribution in [3.63, 3.8) is 0 Å². The maximum atomic E-state index is 15.4. The first-order valence-corrected chi connectivity index (χ1v) is 12.9. The van der Waals surface area contributed by atoms with Gasteiger partial charge in [-0.25, -0.2) is 23.1 Å². The van der Waals surface area contributed by atoms with Crippen LogP contribution in [0, 0.1) is 28.8 Å². The topological polar surface area (TPSA) is 135 Å². The first-order chi connectivity index (χ1) is 20.7. The number of nitrogens with zero attached hydrogens (tertiary/aromatic N) is 5. The van der Waals surface area contributed by atoms with Gasteiger partial charge in [0.25, 0.3) is 5.56 Å². The summed E-state index contributed by atoms with van der Waals surface area (Å²) in [6, 6.07) is 13.7. The van der Waals surface area contributed by atoms with Crippen LogP contribution in [0.25, 0.3) is 22.3 Å². The van der Waals surface area contributed by atoms with Crippen LogP contribution in [-0.2, 0) is 24.4 Å². The Hall–Kier alpha value is -5.03. The van der Waals surface area contributed by atoms with Crippen molar-refractivity contribution in [3.8, 4) is 23.2 Å². The smallest absolute Gasteiger partial charge is 0.251 e. The molecule has 0 unspecified atom stereocenters. The number of hydrogen-bond donors (Lipinski definition) is 2. The number of nitriles is 1. The van der Waals surface area contributed by atoms with Crippen molar-refractivity contribution in [2.75, 3.05) is 13.7 Å². The van der Waals surface area contributed by atoms with Crippen LogP contribution in [-0.4, -0.2) is 43.0 Å². The number of aliphatic hydroxyl groups is 2. The Bertz CT molecular complexity index is 1920. The third-order valence-corrected chi connectivity index (χ3v) is 6.67. The number of imidazole rings is 1. The van der Waals surface area contributed by atoms with Gasteiger partial charge in [-0.1, -0.05) is 12.1 Å². The molecule has 0 atom stereocenters. The van der Waals surface area contributed by atoms with Crippen LogP contribution in [0.3, 0.4) is 0 Å². The predicted molar refractivity (Wildman–Crippen MR) is 147 cm³/mol. The summed E-state index contributed by atoms with van der Waals surface area (Å²) in [5, 5.41) is 28.0. The number of halogens is 3. The van der Waals surface area contributed by atoms with Gasteiger partial charge in [0, 0.05) is 48.7 Å². The standard InChI is InChI=1S/C30H24F3N5O5/c1-42-8-7-38-25-11-19(30(40)41)10-22(32)29(25)36-26(38)15-37-14-23(33)20(12-28(37)39)24-3-2-4-27(35-24)43-16-18-6-5-17(13-34)9-21(18)31/h2-6,9-12,14,30,40-41H,7-8,15-16H2,1H3. The number of aliphatic hydroxyl groups excluding tert-OH is 1. The molecule has 43 heavy (non-hydrogen) atoms. The number of fused-ring (bicyclic) bond motifs is 1. The van der Waals surface area contributed by atoms with Gasteiger partial charge in [0.15, 0.2) is 12.1 Å². The van der Waals surface area contributed by atoms with Gasteiger partial charge in [-0.05, 0) is 30.3 Å². The summed E-state index contributed by atoms with van der Waals surface area (Å²) in [6.45, 7) is -0.0136. The molecule has 0 saturated heterocycles. The molecule has 0 amide bonds. The summed E-state index contributed by atoms with van der Waals surface area (Å²) in [5.41, 5.74) is -0.114. The lowest BCUT2D eigenvalue weighted by molar-refractivity contribution is -0.0426. The van der Waals surface area contributed by atoms with Crippen LogP contribution in [0.4, 0.5) is 13.2 Å². The van der Waals surface area contributed by atoms with Crippen LogP contribution >= 0.6 is 0 Å². The Labute approximate surface area is 242 Å². The SMILES string of the molecule is COCCn1c(Cn2cc(F)c(-c3cccc(OCc4ccc(C#N)cc4F)n3)cc2=O)nc2c(F)cc(C(O)O)cc21. The number of pyridine rings is 2. The maximum Gasteiger partial charge on any atom is 0.251 e. The highest BCUT2D eigenvalue weighted by Gasteiger charge is 2.19. The molecule has 0 saturated carbocycles. The van der Waals surface area contributed by atoms with Gasteiger partial charge in [-0.3, -0.25) is 4.79 Å². The fourth-order valence-corrected chi connectivity index (χ4v) is 4.50. The molecule has 0 radical (unpaired) electrons. The van der Waals surface area contributed by atoms with E-state index in [9.17, 15) is 23.8 Å². The second-order valence-electron chi connectivity index (χ2n) is 9.49. The molecule has 0 bridgehead atoms. The van der Waals surface area contributed by atoms with E-state index in [0.29, 0.717) is 0 Å². The van der Waals surface area contributed by atoms with Crippen molar-refractivity contribution in [2.24, 2.45) is 0 Å². The Kier molecular flexibility index (Phi) is 8.53. The molecule has 0 aliphatic carbocycles. The minimum Gasteiger partial charge on any atom is -0.473 e. The molecule has 0 fully saturated rings. The number of rotatable bonds is 10. The van der Waals surface area contributed by atoms with E-state index in [1.54, 1.807) is 10.6 Å². The molecule has 220 valence electrons. The zero-order chi connectivity index (χ0) is 30.7. The maximum absolute atomic E-state index is 15.4. The van der Waals surface area contributed by atoms with Crippen molar-refractivity contribution >= 4 is 11.0 Å². The lowest BCUT2D eigenvalue weighted by Gasteiger charge is -2.12. The molecular weight excluding hydrogens is 567 g/mol. The van der Waals surface area contributed by atoms with Gasteiger partial charge < -0.3 is 28.8 Å². The van der Waals surface area contributed by atoms with Gasteiger partial charge >= 0.3 is 0 Å². The van der Waals surface area contributed by atoms with Crippen LogP contribution in [0.5, 0.6) is 5.88 Å². The Balaban J connectivity index is 1.42. The van der Waals surface area contributed by atoms with E-state index in [1.807, 2.05) is 6.07 Å². The summed E-state index contributed by atoms with van der Waals surface area (Å²) in [7, 11) is 1.47. The molecule has 2 N–H and O–H groups in total. The normalized spacial score (nSPS) is 11.3. The lowest BCUT2D eigenvalue weighted by Crippen LogP contribution is -2.23. The fourth-order valence-electron chi connectivity index (χ4n) is 4.50. The Morgan fingerprint density at radius 3 is 2.56 bits per heavy atom. The van der Waals surface area contributed by atoms with Gasteiger partial charge in [-0.2, -0.15) is 5.26 Å². The van der Waals surface area contributed by atoms with Gasteiger partial charge in [-0.15, -0.1) is 0 Å². The van der Waals surface area contributed by atoms with Crippen molar-refractivity contribution in [1.82, 2.24) is 19.1 Å². The van der Waals surface area contributed by atoms with Gasteiger partial charge in [0.05, 0.1) is 36.0 Å². The van der Waals surface area contributed by atoms with E-state index in [2.05, 4.69) is 9.97 Å². The minimum absolute atomic E-state index is 0.0532. The largest absolute Gasteiger partial charge is 0.473 e. The Morgan fingerprint density at radius 2 is 1.84 bits per heavy atom. The molecule has 13 heteroatoms. The molecule has 3 heterocycles. The average molecular weight is 592 g/mol. The number of methoxy groups -OCH3 is 1. The monoisotopic (exact) mass is 591 g/mol. The van der Waals surface area contributed by atoms with Crippen molar-refractivity contribution < 1.29 is 32.9 Å². The van der Waals surface area contributed by atoms with Crippen LogP contribution in [0.15, 0.2) is 65.6 Å². The molecule has 0 spiro atoms. The third-order valence-electron chi connectivity index (χ3n) is 6.67. The lowest BCUT2D eigenvalue weighted by atomic mass is 10.1. The number of ether oxygens (including phenoxy) is 2. The molecule has 10 nitrogen and oxygen atoms in total. The number of aromatic nitrogens is 4. The van der Waals surface area contributed by atoms with E-state index >= 15 is 4.39 Å². The summed E-state index contributed by atoms with van der Waals surface area (Å²) in [5.74, 6) is -1.91. The second-order valence-corrected chi connectivity index (χ2v) is 9.49. The van der Waals surface area contributed by atoms with E-state index < -0.39 is 29.3 Å². The molecule has 2 aromatic carbocycles. The van der Waals surface area contributed by atoms with Crippen LogP contribution < -0.4 is 10.3 Å². The highest BCUT2D eigenvalue weighted by atomic mass is 19.1. The Morgan fingerprint density at radius 1 is 1.02 bits per heavy atom. The molecule has 5 aromatic rings. The zero-order valence-corrected chi connectivity index (χ0v) is 22.7. The van der Waals surface area contributed by atoms with E-state index in [1.165, 1.54) is 37.4 Å². The zero-order valence-electron chi connectivity index (χ0n) is 22.7. The molecule has 0 aliphatic rings. The average Bonchev–Trinajstić information content (AvgIpc) is 3.34. The van der Waals surface area contributed by atoms with E-state index in [0.717, 1.165) is 29.0 Å². The number of hydrogen-bond acceptors (Lipinski definition) is 8. The van der Waals surface area contributed by atoms with Crippen molar-refractivity contribution in [2.45, 2.75) is 26.0 Å². The second kappa shape index (κ2) is 12.5. The van der Waals surface area contributed by atoms with Crippen molar-refractivity contribution in [1.29, 1.82) is 5.26 Å². The van der Waals surface area contributed by atoms with Crippen LogP contribution in [0.2, 0.25) is 0 Å². The van der Waals surface area contributed by atoms with E-state index in [4.69, 9.17) is 14.7 Å². The molecule has 3 aromatic heterocycles. The first kappa shape index (κ1) is 29.5. The first-order valence-electron chi connectivity index (χ1n) is 12.9. The molecule has 5 rings (SSSR count). The minimum atomic E-state index is -1.91. The summed E-state index contributed by atoms with van der Waals surface area (Å²) in [4.78, 5) is 21.6. The highest BCUT2D eigenvalue weighted by molar-refractivity contribution is 5.78. The summed E-state index contributed by atoms with van der Waals surface area (Å²) in [6.07, 6.45) is -0.926. The van der Waals surface area contributed by atoms with Gasteiger partial charge in [0.2, 0.25) is 5.88 Å². The van der Waals surface area contributed by atoms with Crippen LogP contribution in [0.1, 0.15) is 28.8 Å². The van der Waals surface area contributed by atoms with Crippen molar-refractivity contribution in [3.05, 3.63) is 111 Å². The third kappa shape index (κ3) is 6.26. The highest BCUT2D eigenvalue weighted by Crippen LogP contribution is 2.26. The molecular formula is C30H24F3N5O5. The summed E-state index contributed by atoms with van der Waals surface area (Å²) >= 11 is 0. The number of benzene rings is 2. The summed E-state index contributed by atoms with van der Waals surface area (Å²) < 4.78 is 57.7. The van der Waals surface area contributed by atoms with E-state index in [-0.39, 0.29) is 77.0 Å². The quantitative estimate of drug-likeness (QED) is 0.234. The molecule has 0 aliphatic heterocycles. The predicted octanol–water partition coefficient (Wildman–Crippen LogP) is 3.81. The van der Waals surface area contributed by atoms with Gasteiger partial charge in [0.1, 0.15) is 29.6 Å². The fraction of sp³-hybridized carbons (Fsp3) is 0.200.